The van der Waals surface area contributed by atoms with Crippen LogP contribution in [0.3, 0.4) is 0 Å². The first-order chi connectivity index (χ1) is 8.90. The fourth-order valence-electron chi connectivity index (χ4n) is 1.92. The lowest BCUT2D eigenvalue weighted by Crippen LogP contribution is -2.35. The minimum atomic E-state index is 0.134. The third kappa shape index (κ3) is 3.67. The predicted octanol–water partition coefficient (Wildman–Crippen LogP) is 1.98. The average Bonchev–Trinajstić information content (AvgIpc) is 2.46. The van der Waals surface area contributed by atoms with Crippen LogP contribution >= 0.6 is 0 Å². The Morgan fingerprint density at radius 3 is 2.11 bits per heavy atom. The van der Waals surface area contributed by atoms with Crippen molar-refractivity contribution in [2.75, 3.05) is 6.54 Å². The molecule has 0 radical (unpaired) electrons. The molecule has 3 heteroatoms. The molecule has 0 amide bonds. The fraction of sp³-hybridized carbons (Fsp3) is 0.200. The maximum absolute atomic E-state index is 5.59. The largest absolute Gasteiger partial charge is 0.311 e. The van der Waals surface area contributed by atoms with Crippen LogP contribution in [0, 0.1) is 0 Å². The second kappa shape index (κ2) is 6.91. The Morgan fingerprint density at radius 2 is 1.50 bits per heavy atom. The number of nitrogens with two attached hydrogens (primary N) is 1. The van der Waals surface area contributed by atoms with E-state index in [1.165, 1.54) is 11.1 Å². The summed E-state index contributed by atoms with van der Waals surface area (Å²) in [5.74, 6) is 5.59. The van der Waals surface area contributed by atoms with Gasteiger partial charge in [0.15, 0.2) is 0 Å². The highest BCUT2D eigenvalue weighted by molar-refractivity contribution is 5.19. The zero-order valence-corrected chi connectivity index (χ0v) is 10.3. The molecular formula is C15H19N3. The van der Waals surface area contributed by atoms with Gasteiger partial charge in [-0.25, -0.2) is 0 Å². The zero-order valence-electron chi connectivity index (χ0n) is 10.3. The minimum Gasteiger partial charge on any atom is -0.311 e. The van der Waals surface area contributed by atoms with Gasteiger partial charge in [-0.3, -0.25) is 11.3 Å². The normalized spacial score (nSPS) is 12.3. The smallest absolute Gasteiger partial charge is 0.0584 e. The van der Waals surface area contributed by atoms with Gasteiger partial charge in [0.05, 0.1) is 6.04 Å². The molecule has 1 atom stereocenters. The van der Waals surface area contributed by atoms with Gasteiger partial charge in [0.1, 0.15) is 0 Å². The summed E-state index contributed by atoms with van der Waals surface area (Å²) < 4.78 is 0. The maximum Gasteiger partial charge on any atom is 0.0584 e. The highest BCUT2D eigenvalue weighted by atomic mass is 15.2. The topological polar surface area (TPSA) is 50.1 Å². The average molecular weight is 241 g/mol. The number of hydrogen-bond donors (Lipinski definition) is 3. The molecule has 0 fully saturated rings. The van der Waals surface area contributed by atoms with Crippen LogP contribution in [0.5, 0.6) is 0 Å². The molecular weight excluding hydrogens is 222 g/mol. The summed E-state index contributed by atoms with van der Waals surface area (Å²) in [6.07, 6.45) is 0. The molecule has 0 saturated carbocycles. The molecule has 0 aliphatic heterocycles. The van der Waals surface area contributed by atoms with E-state index in [0.29, 0.717) is 0 Å². The van der Waals surface area contributed by atoms with Crippen LogP contribution in [0.2, 0.25) is 0 Å². The van der Waals surface area contributed by atoms with Gasteiger partial charge in [-0.15, -0.1) is 0 Å². The van der Waals surface area contributed by atoms with Crippen LogP contribution in [0.1, 0.15) is 17.2 Å². The molecule has 18 heavy (non-hydrogen) atoms. The second-order valence-electron chi connectivity index (χ2n) is 4.25. The Hall–Kier alpha value is -1.68. The van der Waals surface area contributed by atoms with Crippen molar-refractivity contribution >= 4 is 0 Å². The summed E-state index contributed by atoms with van der Waals surface area (Å²) in [6, 6.07) is 20.7. The number of hydrogen-bond acceptors (Lipinski definition) is 3. The van der Waals surface area contributed by atoms with Gasteiger partial charge in [-0.05, 0) is 11.1 Å². The van der Waals surface area contributed by atoms with E-state index < -0.39 is 0 Å². The lowest BCUT2D eigenvalue weighted by atomic mass is 10.1. The van der Waals surface area contributed by atoms with Crippen molar-refractivity contribution in [3.63, 3.8) is 0 Å². The van der Waals surface area contributed by atoms with E-state index in [1.54, 1.807) is 0 Å². The van der Waals surface area contributed by atoms with E-state index >= 15 is 0 Å². The van der Waals surface area contributed by atoms with Crippen LogP contribution in [0.4, 0.5) is 0 Å². The van der Waals surface area contributed by atoms with Crippen LogP contribution in [-0.4, -0.2) is 6.54 Å². The Balaban J connectivity index is 1.85. The molecule has 2 aromatic rings. The number of benzene rings is 2. The van der Waals surface area contributed by atoms with Gasteiger partial charge in [-0.1, -0.05) is 60.7 Å². The van der Waals surface area contributed by atoms with Crippen molar-refractivity contribution in [2.45, 2.75) is 12.6 Å². The van der Waals surface area contributed by atoms with Crippen molar-refractivity contribution in [1.29, 1.82) is 0 Å². The summed E-state index contributed by atoms with van der Waals surface area (Å²) in [5, 5.41) is 3.41. The lowest BCUT2D eigenvalue weighted by Gasteiger charge is -2.17. The SMILES string of the molecule is NNC(CNCc1ccccc1)c1ccccc1. The number of rotatable bonds is 6. The van der Waals surface area contributed by atoms with Gasteiger partial charge in [0.25, 0.3) is 0 Å². The summed E-state index contributed by atoms with van der Waals surface area (Å²) in [5.41, 5.74) is 5.32. The van der Waals surface area contributed by atoms with E-state index in [2.05, 4.69) is 35.0 Å². The minimum absolute atomic E-state index is 0.134. The third-order valence-electron chi connectivity index (χ3n) is 2.92. The molecule has 0 heterocycles. The van der Waals surface area contributed by atoms with Gasteiger partial charge >= 0.3 is 0 Å². The van der Waals surface area contributed by atoms with Crippen LogP contribution in [0.25, 0.3) is 0 Å². The quantitative estimate of drug-likeness (QED) is 0.535. The highest BCUT2D eigenvalue weighted by Crippen LogP contribution is 2.10. The molecule has 94 valence electrons. The van der Waals surface area contributed by atoms with Crippen LogP contribution < -0.4 is 16.6 Å². The Labute approximate surface area is 108 Å². The summed E-state index contributed by atoms with van der Waals surface area (Å²) in [7, 11) is 0. The molecule has 1 unspecified atom stereocenters. The molecule has 0 aliphatic rings. The van der Waals surface area contributed by atoms with E-state index in [4.69, 9.17) is 5.84 Å². The van der Waals surface area contributed by atoms with E-state index in [9.17, 15) is 0 Å². The summed E-state index contributed by atoms with van der Waals surface area (Å²) in [6.45, 7) is 1.65. The van der Waals surface area contributed by atoms with Crippen molar-refractivity contribution in [3.05, 3.63) is 71.8 Å². The zero-order chi connectivity index (χ0) is 12.6. The Morgan fingerprint density at radius 1 is 0.889 bits per heavy atom. The molecule has 0 saturated heterocycles. The number of hydrazine groups is 1. The standard InChI is InChI=1S/C15H19N3/c16-18-15(14-9-5-2-6-10-14)12-17-11-13-7-3-1-4-8-13/h1-10,15,17-18H,11-12,16H2. The Bertz CT molecular complexity index is 442. The molecule has 0 spiro atoms. The monoisotopic (exact) mass is 241 g/mol. The van der Waals surface area contributed by atoms with Crippen LogP contribution in [0.15, 0.2) is 60.7 Å². The lowest BCUT2D eigenvalue weighted by molar-refractivity contribution is 0.502. The molecule has 0 aliphatic carbocycles. The molecule has 3 nitrogen and oxygen atoms in total. The Kier molecular flexibility index (Phi) is 4.90. The number of nitrogens with one attached hydrogen (secondary N) is 2. The maximum atomic E-state index is 5.59. The first-order valence-electron chi connectivity index (χ1n) is 6.16. The van der Waals surface area contributed by atoms with E-state index in [0.717, 1.165) is 13.1 Å². The van der Waals surface area contributed by atoms with Gasteiger partial charge in [-0.2, -0.15) is 0 Å². The molecule has 2 aromatic carbocycles. The van der Waals surface area contributed by atoms with Gasteiger partial charge in [0, 0.05) is 13.1 Å². The highest BCUT2D eigenvalue weighted by Gasteiger charge is 2.07. The van der Waals surface area contributed by atoms with Gasteiger partial charge in [0.2, 0.25) is 0 Å². The van der Waals surface area contributed by atoms with E-state index in [-0.39, 0.29) is 6.04 Å². The first kappa shape index (κ1) is 12.8. The second-order valence-corrected chi connectivity index (χ2v) is 4.25. The van der Waals surface area contributed by atoms with Crippen molar-refractivity contribution < 1.29 is 0 Å². The first-order valence-corrected chi connectivity index (χ1v) is 6.16. The molecule has 2 rings (SSSR count). The van der Waals surface area contributed by atoms with Gasteiger partial charge < -0.3 is 5.32 Å². The fourth-order valence-corrected chi connectivity index (χ4v) is 1.92. The molecule has 0 bridgehead atoms. The van der Waals surface area contributed by atoms with Crippen LogP contribution in [-0.2, 0) is 6.54 Å². The summed E-state index contributed by atoms with van der Waals surface area (Å²) in [4.78, 5) is 0. The van der Waals surface area contributed by atoms with Crippen molar-refractivity contribution in [3.8, 4) is 0 Å². The van der Waals surface area contributed by atoms with Crippen molar-refractivity contribution in [2.24, 2.45) is 5.84 Å². The van der Waals surface area contributed by atoms with E-state index in [1.807, 2.05) is 36.4 Å². The third-order valence-corrected chi connectivity index (χ3v) is 2.92. The predicted molar refractivity (Wildman–Crippen MR) is 74.7 cm³/mol. The summed E-state index contributed by atoms with van der Waals surface area (Å²) >= 11 is 0. The molecule has 4 N–H and O–H groups in total. The van der Waals surface area contributed by atoms with Crippen molar-refractivity contribution in [1.82, 2.24) is 10.7 Å². The molecule has 0 aromatic heterocycles.